The van der Waals surface area contributed by atoms with E-state index in [0.29, 0.717) is 5.69 Å². The van der Waals surface area contributed by atoms with Crippen molar-refractivity contribution in [1.29, 1.82) is 0 Å². The number of benzene rings is 1. The molecule has 0 spiro atoms. The van der Waals surface area contributed by atoms with Gasteiger partial charge in [0.2, 0.25) is 0 Å². The molecule has 2 rings (SSSR count). The Bertz CT molecular complexity index is 586. The smallest absolute Gasteiger partial charge is 0.337 e. The van der Waals surface area contributed by atoms with Crippen LogP contribution in [-0.2, 0) is 0 Å². The van der Waals surface area contributed by atoms with Gasteiger partial charge in [-0.2, -0.15) is 0 Å². The lowest BCUT2D eigenvalue weighted by Gasteiger charge is -1.99. The van der Waals surface area contributed by atoms with E-state index in [1.165, 1.54) is 5.56 Å². The molecule has 1 aromatic heterocycles. The van der Waals surface area contributed by atoms with E-state index in [2.05, 4.69) is 4.98 Å². The number of rotatable bonds is 3. The minimum Gasteiger partial charge on any atom is -0.478 e. The maximum atomic E-state index is 11.0. The van der Waals surface area contributed by atoms with E-state index in [4.69, 9.17) is 5.11 Å². The molecule has 1 N–H and O–H groups in total. The van der Waals surface area contributed by atoms with Gasteiger partial charge in [-0.3, -0.25) is 4.98 Å². The Morgan fingerprint density at radius 1 is 1.17 bits per heavy atom. The summed E-state index contributed by atoms with van der Waals surface area (Å²) in [5.41, 5.74) is 2.88. The second-order valence-electron chi connectivity index (χ2n) is 3.99. The molecule has 90 valence electrons. The van der Waals surface area contributed by atoms with Crippen molar-refractivity contribution in [3.8, 4) is 0 Å². The van der Waals surface area contributed by atoms with Gasteiger partial charge in [0.05, 0.1) is 11.3 Å². The van der Waals surface area contributed by atoms with Crippen molar-refractivity contribution in [1.82, 2.24) is 4.98 Å². The zero-order valence-corrected chi connectivity index (χ0v) is 10.00. The SMILES string of the molecule is Cc1ccc(/C=C/c2ncccc2C(=O)O)cc1. The van der Waals surface area contributed by atoms with Crippen LogP contribution in [0, 0.1) is 6.92 Å². The highest BCUT2D eigenvalue weighted by Gasteiger charge is 2.07. The molecule has 0 radical (unpaired) electrons. The Morgan fingerprint density at radius 3 is 2.56 bits per heavy atom. The summed E-state index contributed by atoms with van der Waals surface area (Å²) in [6.07, 6.45) is 5.16. The van der Waals surface area contributed by atoms with Gasteiger partial charge in [0, 0.05) is 6.20 Å². The Labute approximate surface area is 105 Å². The largest absolute Gasteiger partial charge is 0.478 e. The van der Waals surface area contributed by atoms with Crippen LogP contribution in [-0.4, -0.2) is 16.1 Å². The number of hydrogen-bond acceptors (Lipinski definition) is 2. The van der Waals surface area contributed by atoms with Crippen LogP contribution in [0.4, 0.5) is 0 Å². The van der Waals surface area contributed by atoms with Crippen molar-refractivity contribution in [3.05, 3.63) is 65.0 Å². The third-order valence-electron chi connectivity index (χ3n) is 2.58. The first kappa shape index (κ1) is 12.0. The summed E-state index contributed by atoms with van der Waals surface area (Å²) >= 11 is 0. The predicted molar refractivity (Wildman–Crippen MR) is 71.3 cm³/mol. The van der Waals surface area contributed by atoms with Gasteiger partial charge in [-0.25, -0.2) is 4.79 Å². The molecule has 0 atom stereocenters. The van der Waals surface area contributed by atoms with E-state index in [0.717, 1.165) is 5.56 Å². The van der Waals surface area contributed by atoms with Crippen LogP contribution in [0.25, 0.3) is 12.2 Å². The van der Waals surface area contributed by atoms with Crippen LogP contribution >= 0.6 is 0 Å². The van der Waals surface area contributed by atoms with Crippen LogP contribution in [0.3, 0.4) is 0 Å². The molecule has 1 heterocycles. The highest BCUT2D eigenvalue weighted by molar-refractivity contribution is 5.92. The van der Waals surface area contributed by atoms with Gasteiger partial charge in [0.25, 0.3) is 0 Å². The molecule has 0 unspecified atom stereocenters. The van der Waals surface area contributed by atoms with Crippen molar-refractivity contribution >= 4 is 18.1 Å². The summed E-state index contributed by atoms with van der Waals surface area (Å²) in [7, 11) is 0. The topological polar surface area (TPSA) is 50.2 Å². The number of carboxylic acids is 1. The van der Waals surface area contributed by atoms with Crippen molar-refractivity contribution in [3.63, 3.8) is 0 Å². The quantitative estimate of drug-likeness (QED) is 0.894. The van der Waals surface area contributed by atoms with Gasteiger partial charge in [-0.15, -0.1) is 0 Å². The summed E-state index contributed by atoms with van der Waals surface area (Å²) in [5, 5.41) is 9.03. The number of carboxylic acid groups (broad SMARTS) is 1. The number of nitrogens with zero attached hydrogens (tertiary/aromatic N) is 1. The molecule has 1 aromatic carbocycles. The van der Waals surface area contributed by atoms with Crippen LogP contribution in [0.5, 0.6) is 0 Å². The van der Waals surface area contributed by atoms with Gasteiger partial charge < -0.3 is 5.11 Å². The minimum absolute atomic E-state index is 0.209. The summed E-state index contributed by atoms with van der Waals surface area (Å²) in [6, 6.07) is 11.1. The van der Waals surface area contributed by atoms with Crippen molar-refractivity contribution in [2.75, 3.05) is 0 Å². The normalized spacial score (nSPS) is 10.7. The van der Waals surface area contributed by atoms with E-state index in [-0.39, 0.29) is 5.56 Å². The first-order valence-corrected chi connectivity index (χ1v) is 5.60. The number of pyridine rings is 1. The van der Waals surface area contributed by atoms with E-state index >= 15 is 0 Å². The number of hydrogen-bond donors (Lipinski definition) is 1. The third-order valence-corrected chi connectivity index (χ3v) is 2.58. The van der Waals surface area contributed by atoms with Gasteiger partial charge in [-0.1, -0.05) is 35.9 Å². The van der Waals surface area contributed by atoms with E-state index < -0.39 is 5.97 Å². The summed E-state index contributed by atoms with van der Waals surface area (Å²) in [6.45, 7) is 2.02. The Hall–Kier alpha value is -2.42. The molecule has 3 heteroatoms. The first-order valence-electron chi connectivity index (χ1n) is 5.60. The average molecular weight is 239 g/mol. The van der Waals surface area contributed by atoms with E-state index in [1.807, 2.05) is 37.3 Å². The lowest BCUT2D eigenvalue weighted by Crippen LogP contribution is -2.00. The molecule has 0 aliphatic rings. The van der Waals surface area contributed by atoms with Crippen molar-refractivity contribution in [2.24, 2.45) is 0 Å². The summed E-state index contributed by atoms with van der Waals surface area (Å²) < 4.78 is 0. The lowest BCUT2D eigenvalue weighted by molar-refractivity contribution is 0.0696. The average Bonchev–Trinajstić information content (AvgIpc) is 2.38. The summed E-state index contributed by atoms with van der Waals surface area (Å²) in [5.74, 6) is -0.966. The lowest BCUT2D eigenvalue weighted by atomic mass is 10.1. The fraction of sp³-hybridized carbons (Fsp3) is 0.0667. The Morgan fingerprint density at radius 2 is 1.89 bits per heavy atom. The van der Waals surface area contributed by atoms with Crippen molar-refractivity contribution in [2.45, 2.75) is 6.92 Å². The number of aromatic carboxylic acids is 1. The monoisotopic (exact) mass is 239 g/mol. The number of carbonyl (C=O) groups is 1. The molecule has 0 aliphatic carbocycles. The van der Waals surface area contributed by atoms with Gasteiger partial charge in [0.15, 0.2) is 0 Å². The number of aromatic nitrogens is 1. The standard InChI is InChI=1S/C15H13NO2/c1-11-4-6-12(7-5-11)8-9-14-13(15(17)18)3-2-10-16-14/h2-10H,1H3,(H,17,18)/b9-8+. The first-order chi connectivity index (χ1) is 8.66. The van der Waals surface area contributed by atoms with Gasteiger partial charge in [-0.05, 0) is 30.7 Å². The molecule has 2 aromatic rings. The molecule has 0 fully saturated rings. The van der Waals surface area contributed by atoms with Crippen molar-refractivity contribution < 1.29 is 9.90 Å². The van der Waals surface area contributed by atoms with Gasteiger partial charge in [0.1, 0.15) is 0 Å². The third kappa shape index (κ3) is 2.83. The van der Waals surface area contributed by atoms with Crippen LogP contribution in [0.2, 0.25) is 0 Å². The molecule has 0 amide bonds. The van der Waals surface area contributed by atoms with Crippen LogP contribution in [0.1, 0.15) is 27.2 Å². The molecule has 18 heavy (non-hydrogen) atoms. The molecule has 0 saturated heterocycles. The highest BCUT2D eigenvalue weighted by atomic mass is 16.4. The zero-order valence-electron chi connectivity index (χ0n) is 10.00. The predicted octanol–water partition coefficient (Wildman–Crippen LogP) is 3.26. The minimum atomic E-state index is -0.966. The second kappa shape index (κ2) is 5.27. The fourth-order valence-corrected chi connectivity index (χ4v) is 1.58. The molecule has 3 nitrogen and oxygen atoms in total. The fourth-order valence-electron chi connectivity index (χ4n) is 1.58. The maximum Gasteiger partial charge on any atom is 0.337 e. The van der Waals surface area contributed by atoms with E-state index in [9.17, 15) is 4.79 Å². The van der Waals surface area contributed by atoms with Crippen LogP contribution in [0.15, 0.2) is 42.6 Å². The maximum absolute atomic E-state index is 11.0. The molecule has 0 saturated carbocycles. The van der Waals surface area contributed by atoms with E-state index in [1.54, 1.807) is 24.4 Å². The van der Waals surface area contributed by atoms with Gasteiger partial charge >= 0.3 is 5.97 Å². The Kier molecular flexibility index (Phi) is 3.53. The number of aryl methyl sites for hydroxylation is 1. The zero-order chi connectivity index (χ0) is 13.0. The molecule has 0 bridgehead atoms. The summed E-state index contributed by atoms with van der Waals surface area (Å²) in [4.78, 5) is 15.1. The molecular weight excluding hydrogens is 226 g/mol. The highest BCUT2D eigenvalue weighted by Crippen LogP contribution is 2.11. The second-order valence-corrected chi connectivity index (χ2v) is 3.99. The molecule has 0 aliphatic heterocycles. The van der Waals surface area contributed by atoms with Crippen LogP contribution < -0.4 is 0 Å². The molecular formula is C15H13NO2. The Balaban J connectivity index is 2.29.